The van der Waals surface area contributed by atoms with Crippen molar-refractivity contribution in [3.8, 4) is 0 Å². The van der Waals surface area contributed by atoms with Crippen LogP contribution in [0.2, 0.25) is 0 Å². The van der Waals surface area contributed by atoms with E-state index in [-0.39, 0.29) is 0 Å². The van der Waals surface area contributed by atoms with Crippen LogP contribution in [0.25, 0.3) is 5.70 Å². The molecule has 0 saturated heterocycles. The Labute approximate surface area is 77.4 Å². The normalized spacial score (nSPS) is 9.08. The lowest BCUT2D eigenvalue weighted by Crippen LogP contribution is -2.00. The van der Waals surface area contributed by atoms with Gasteiger partial charge in [0.25, 0.3) is 0 Å². The van der Waals surface area contributed by atoms with E-state index in [1.165, 1.54) is 5.56 Å². The highest BCUT2D eigenvalue weighted by molar-refractivity contribution is 7.47. The van der Waals surface area contributed by atoms with Gasteiger partial charge < -0.3 is 0 Å². The van der Waals surface area contributed by atoms with Gasteiger partial charge in [0.2, 0.25) is 0 Å². The number of nitrogens with zero attached hydrogens (tertiary/aromatic N) is 1. The molecule has 0 saturated carbocycles. The molecule has 2 nitrogen and oxygen atoms in total. The van der Waals surface area contributed by atoms with Gasteiger partial charge in [-0.2, -0.15) is 0 Å². The van der Waals surface area contributed by atoms with Crippen LogP contribution in [0.1, 0.15) is 11.1 Å². The molecule has 0 aliphatic rings. The van der Waals surface area contributed by atoms with E-state index in [4.69, 9.17) is 0 Å². The van der Waals surface area contributed by atoms with Crippen LogP contribution >= 0.6 is 0 Å². The summed E-state index contributed by atoms with van der Waals surface area (Å²) in [4.78, 5) is 0. The molecule has 1 rings (SSSR count). The molecule has 0 aromatic heterocycles. The van der Waals surface area contributed by atoms with Crippen LogP contribution in [0, 0.1) is 6.92 Å². The molecule has 0 atom stereocenters. The zero-order chi connectivity index (χ0) is 8.97. The minimum atomic E-state index is 0.727. The Morgan fingerprint density at radius 3 is 2.50 bits per heavy atom. The Balaban J connectivity index is 2.82. The number of hydrogen-bond donors (Lipinski definition) is 1. The first-order valence-electron chi connectivity index (χ1n) is 3.58. The van der Waals surface area contributed by atoms with E-state index in [2.05, 4.69) is 28.9 Å². The smallest absolute Gasteiger partial charge is 0.0630 e. The molecule has 0 radical (unpaired) electrons. The van der Waals surface area contributed by atoms with Crippen molar-refractivity contribution in [2.45, 2.75) is 6.92 Å². The van der Waals surface area contributed by atoms with Gasteiger partial charge in [0.1, 0.15) is 0 Å². The van der Waals surface area contributed by atoms with Gasteiger partial charge in [-0.15, -0.1) is 4.47 Å². The Morgan fingerprint density at radius 1 is 1.42 bits per heavy atom. The molecule has 0 amide bonds. The molecule has 0 aliphatic carbocycles. The van der Waals surface area contributed by atoms with Crippen LogP contribution in [-0.2, 0) is 12.4 Å². The Bertz CT molecular complexity index is 290. The fraction of sp³-hybridized carbons (Fsp3) is 0.111. The van der Waals surface area contributed by atoms with Crippen molar-refractivity contribution < 1.29 is 0 Å². The molecule has 0 heterocycles. The second kappa shape index (κ2) is 3.97. The maximum absolute atomic E-state index is 4.41. The van der Waals surface area contributed by atoms with E-state index in [0.29, 0.717) is 0 Å². The molecule has 3 heteroatoms. The Hall–Kier alpha value is -1.22. The summed E-state index contributed by atoms with van der Waals surface area (Å²) in [7, 11) is 0. The fourth-order valence-corrected chi connectivity index (χ4v) is 0.985. The summed E-state index contributed by atoms with van der Waals surface area (Å²) >= 11 is 4.41. The highest BCUT2D eigenvalue weighted by Crippen LogP contribution is 2.09. The van der Waals surface area contributed by atoms with Gasteiger partial charge in [0.15, 0.2) is 0 Å². The lowest BCUT2D eigenvalue weighted by Gasteiger charge is -2.02. The van der Waals surface area contributed by atoms with Crippen LogP contribution in [0.4, 0.5) is 0 Å². The molecule has 0 fully saturated rings. The zero-order valence-electron chi connectivity index (χ0n) is 6.87. The van der Waals surface area contributed by atoms with Crippen LogP contribution in [-0.4, -0.2) is 0 Å². The quantitative estimate of drug-likeness (QED) is 0.717. The summed E-state index contributed by atoms with van der Waals surface area (Å²) < 4.78 is 3.37. The molecule has 62 valence electrons. The number of hydrogen-bond acceptors (Lipinski definition) is 2. The maximum atomic E-state index is 4.41. The van der Waals surface area contributed by atoms with Crippen LogP contribution < -0.4 is 5.43 Å². The van der Waals surface area contributed by atoms with Gasteiger partial charge in [0.05, 0.1) is 18.1 Å². The Kier molecular flexibility index (Phi) is 2.94. The first kappa shape index (κ1) is 8.87. The third-order valence-corrected chi connectivity index (χ3v) is 1.67. The molecular weight excluding hydrogens is 168 g/mol. The molecule has 0 unspecified atom stereocenters. The molecule has 0 bridgehead atoms. The second-order valence-corrected chi connectivity index (χ2v) is 2.73. The summed E-state index contributed by atoms with van der Waals surface area (Å²) in [6, 6.07) is 7.99. The highest BCUT2D eigenvalue weighted by atomic mass is 32.1. The van der Waals surface area contributed by atoms with E-state index in [9.17, 15) is 0 Å². The van der Waals surface area contributed by atoms with E-state index in [1.54, 1.807) is 0 Å². The van der Waals surface area contributed by atoms with Crippen molar-refractivity contribution in [2.75, 3.05) is 0 Å². The van der Waals surface area contributed by atoms with Crippen molar-refractivity contribution in [1.29, 1.82) is 0 Å². The predicted molar refractivity (Wildman–Crippen MR) is 53.1 cm³/mol. The van der Waals surface area contributed by atoms with Crippen LogP contribution in [0.5, 0.6) is 0 Å². The molecule has 1 aromatic rings. The van der Waals surface area contributed by atoms with Crippen molar-refractivity contribution in [2.24, 2.45) is 4.47 Å². The van der Waals surface area contributed by atoms with Crippen molar-refractivity contribution in [3.05, 3.63) is 42.0 Å². The number of benzene rings is 1. The molecule has 0 aliphatic heterocycles. The molecular formula is C9H10N2S. The first-order valence-corrected chi connectivity index (χ1v) is 3.95. The standard InChI is InChI=1S/C9H10N2S/c1-7-3-5-9(6-4-7)8(2)10-11-12/h3-6H,2H2,1H3,(H,10,12). The van der Waals surface area contributed by atoms with Gasteiger partial charge in [-0.1, -0.05) is 36.4 Å². The predicted octanol–water partition coefficient (Wildman–Crippen LogP) is 2.20. The third kappa shape index (κ3) is 2.13. The molecule has 1 aromatic carbocycles. The van der Waals surface area contributed by atoms with Crippen molar-refractivity contribution in [1.82, 2.24) is 5.43 Å². The SMILES string of the molecule is C=C(NN=S)c1ccc(C)cc1. The minimum Gasteiger partial charge on any atom is -0.267 e. The topological polar surface area (TPSA) is 24.4 Å². The number of rotatable bonds is 3. The fourth-order valence-electron chi connectivity index (χ4n) is 0.874. The van der Waals surface area contributed by atoms with Crippen molar-refractivity contribution >= 4 is 18.1 Å². The largest absolute Gasteiger partial charge is 0.267 e. The maximum Gasteiger partial charge on any atom is 0.0630 e. The summed E-state index contributed by atoms with van der Waals surface area (Å²) in [5.74, 6) is 0. The van der Waals surface area contributed by atoms with Crippen LogP contribution in [0.15, 0.2) is 35.3 Å². The van der Waals surface area contributed by atoms with E-state index in [0.717, 1.165) is 11.3 Å². The number of nitrogens with one attached hydrogen (secondary N) is 1. The minimum absolute atomic E-state index is 0.727. The monoisotopic (exact) mass is 178 g/mol. The highest BCUT2D eigenvalue weighted by Gasteiger charge is 1.95. The van der Waals surface area contributed by atoms with Gasteiger partial charge >= 0.3 is 0 Å². The third-order valence-electron chi connectivity index (χ3n) is 1.58. The van der Waals surface area contributed by atoms with E-state index in [1.807, 2.05) is 31.2 Å². The summed E-state index contributed by atoms with van der Waals surface area (Å²) in [5, 5.41) is 0. The average Bonchev–Trinajstić information content (AvgIpc) is 2.06. The van der Waals surface area contributed by atoms with Gasteiger partial charge in [-0.3, -0.25) is 5.43 Å². The van der Waals surface area contributed by atoms with Gasteiger partial charge in [-0.25, -0.2) is 0 Å². The lowest BCUT2D eigenvalue weighted by molar-refractivity contribution is 1.02. The number of aryl methyl sites for hydroxylation is 1. The lowest BCUT2D eigenvalue weighted by atomic mass is 10.1. The van der Waals surface area contributed by atoms with Crippen molar-refractivity contribution in [3.63, 3.8) is 0 Å². The zero-order valence-corrected chi connectivity index (χ0v) is 7.69. The van der Waals surface area contributed by atoms with E-state index < -0.39 is 0 Å². The molecule has 0 spiro atoms. The average molecular weight is 178 g/mol. The molecule has 1 N–H and O–H groups in total. The Morgan fingerprint density at radius 2 is 2.00 bits per heavy atom. The van der Waals surface area contributed by atoms with Gasteiger partial charge in [0, 0.05) is 0 Å². The second-order valence-electron chi connectivity index (χ2n) is 2.55. The van der Waals surface area contributed by atoms with E-state index >= 15 is 0 Å². The summed E-state index contributed by atoms with van der Waals surface area (Å²) in [5.41, 5.74) is 5.59. The summed E-state index contributed by atoms with van der Waals surface area (Å²) in [6.45, 7) is 5.81. The first-order chi connectivity index (χ1) is 5.74. The van der Waals surface area contributed by atoms with Crippen LogP contribution in [0.3, 0.4) is 0 Å². The summed E-state index contributed by atoms with van der Waals surface area (Å²) in [6.07, 6.45) is 0. The molecule has 12 heavy (non-hydrogen) atoms. The van der Waals surface area contributed by atoms with Gasteiger partial charge in [-0.05, 0) is 12.5 Å².